The predicted octanol–water partition coefficient (Wildman–Crippen LogP) is -0.651. The number of aliphatic carboxylic acids is 8. The summed E-state index contributed by atoms with van der Waals surface area (Å²) in [4.78, 5) is 76.4. The zero-order valence-corrected chi connectivity index (χ0v) is 33.2. The van der Waals surface area contributed by atoms with Gasteiger partial charge in [-0.25, -0.2) is 58.4 Å². The van der Waals surface area contributed by atoms with Gasteiger partial charge in [-0.15, -0.1) is 0 Å². The molecule has 14 N–H and O–H groups in total. The molecule has 2 rings (SSSR count). The largest absolute Gasteiger partial charge is 0.478 e. The zero-order chi connectivity index (χ0) is 44.9. The van der Waals surface area contributed by atoms with E-state index in [1.54, 1.807) is 0 Å². The Morgan fingerprint density at radius 2 is 0.474 bits per heavy atom. The summed E-state index contributed by atoms with van der Waals surface area (Å²) >= 11 is 0. The summed E-state index contributed by atoms with van der Waals surface area (Å²) in [5.74, 6) is -10.1. The molecule has 0 aromatic heterocycles. The first-order chi connectivity index (χ1) is 25.5. The lowest BCUT2D eigenvalue weighted by atomic mass is 10.3. The van der Waals surface area contributed by atoms with Gasteiger partial charge < -0.3 is 57.8 Å². The second-order valence-corrected chi connectivity index (χ2v) is 12.4. The van der Waals surface area contributed by atoms with Gasteiger partial charge in [0.2, 0.25) is 0 Å². The van der Waals surface area contributed by atoms with Crippen LogP contribution < -0.4 is 11.5 Å². The Kier molecular flexibility index (Phi) is 35.9. The van der Waals surface area contributed by atoms with Crippen molar-refractivity contribution in [2.24, 2.45) is 11.5 Å². The van der Waals surface area contributed by atoms with Crippen molar-refractivity contribution in [3.8, 4) is 0 Å². The first-order valence-electron chi connectivity index (χ1n) is 16.7. The van der Waals surface area contributed by atoms with Crippen molar-refractivity contribution in [1.82, 2.24) is 20.0 Å². The van der Waals surface area contributed by atoms with Crippen LogP contribution in [-0.4, -0.2) is 177 Å². The van der Waals surface area contributed by atoms with E-state index in [1.807, 2.05) is 0 Å². The summed E-state index contributed by atoms with van der Waals surface area (Å²) in [5.41, 5.74) is 11.8. The van der Waals surface area contributed by atoms with Gasteiger partial charge in [-0.3, -0.25) is 0 Å². The fraction of sp³-hybridized carbons (Fsp3) is 0.529. The highest BCUT2D eigenvalue weighted by molar-refractivity contribution is 5.91. The maximum atomic E-state index is 9.55. The van der Waals surface area contributed by atoms with Crippen molar-refractivity contribution in [1.29, 1.82) is 0 Å². The number of hydrazine groups is 2. The number of nitrogens with two attached hydrogens (primary N) is 2. The van der Waals surface area contributed by atoms with E-state index in [2.05, 4.69) is 75.4 Å². The Labute approximate surface area is 330 Å². The topological polar surface area (TPSA) is 395 Å². The molecule has 0 atom stereocenters. The van der Waals surface area contributed by atoms with Crippen LogP contribution in [0.1, 0.15) is 55.4 Å². The molecular formula is C34H60N6O17. The molecule has 328 valence electrons. The van der Waals surface area contributed by atoms with E-state index < -0.39 is 47.8 Å². The third-order valence-corrected chi connectivity index (χ3v) is 6.20. The number of carboxylic acid groups (broad SMARTS) is 8. The molecule has 0 aromatic carbocycles. The minimum atomic E-state index is -1.26. The minimum Gasteiger partial charge on any atom is -0.478 e. The smallest absolute Gasteiger partial charge is 0.328 e. The third kappa shape index (κ3) is 39.9. The molecule has 2 saturated heterocycles. The van der Waals surface area contributed by atoms with Crippen LogP contribution in [0.15, 0.2) is 48.6 Å². The molecule has 0 bridgehead atoms. The van der Waals surface area contributed by atoms with Gasteiger partial charge in [-0.1, -0.05) is 0 Å². The van der Waals surface area contributed by atoms with Crippen molar-refractivity contribution in [3.63, 3.8) is 0 Å². The molecule has 0 saturated carbocycles. The van der Waals surface area contributed by atoms with Gasteiger partial charge in [0, 0.05) is 111 Å². The average molecular weight is 825 g/mol. The number of hydrogen-bond donors (Lipinski definition) is 10. The average Bonchev–Trinajstić information content (AvgIpc) is 3.66. The Morgan fingerprint density at radius 1 is 0.368 bits per heavy atom. The highest BCUT2D eigenvalue weighted by Crippen LogP contribution is 2.17. The SMILES string of the molecule is CC(C)N1CC(N)CN1C(C)C.CC(C)N1CC(N)CN1C(C)C.O.O=C(O)C=CC(=O)O.O=C(O)C=CC(=O)O.O=C(O)C=CC(=O)O.O=C(O)C=CC(=O)O. The number of carbonyl (C=O) groups is 8. The van der Waals surface area contributed by atoms with Gasteiger partial charge in [0.15, 0.2) is 0 Å². The van der Waals surface area contributed by atoms with Crippen molar-refractivity contribution in [2.75, 3.05) is 26.2 Å². The van der Waals surface area contributed by atoms with E-state index >= 15 is 0 Å². The van der Waals surface area contributed by atoms with Gasteiger partial charge >= 0.3 is 47.8 Å². The van der Waals surface area contributed by atoms with E-state index in [4.69, 9.17) is 52.3 Å². The second kappa shape index (κ2) is 33.8. The Hall–Kier alpha value is -5.56. The van der Waals surface area contributed by atoms with Crippen molar-refractivity contribution in [3.05, 3.63) is 48.6 Å². The maximum Gasteiger partial charge on any atom is 0.328 e. The van der Waals surface area contributed by atoms with E-state index in [9.17, 15) is 38.4 Å². The van der Waals surface area contributed by atoms with Gasteiger partial charge in [0.25, 0.3) is 0 Å². The summed E-state index contributed by atoms with van der Waals surface area (Å²) in [7, 11) is 0. The minimum absolute atomic E-state index is 0. The van der Waals surface area contributed by atoms with Crippen LogP contribution in [0.3, 0.4) is 0 Å². The first-order valence-corrected chi connectivity index (χ1v) is 16.7. The molecule has 23 nitrogen and oxygen atoms in total. The molecule has 0 aromatic rings. The summed E-state index contributed by atoms with van der Waals surface area (Å²) in [6.45, 7) is 21.8. The van der Waals surface area contributed by atoms with E-state index in [0.717, 1.165) is 26.2 Å². The fourth-order valence-corrected chi connectivity index (χ4v) is 4.10. The highest BCUT2D eigenvalue weighted by atomic mass is 16.4. The van der Waals surface area contributed by atoms with Crippen LogP contribution >= 0.6 is 0 Å². The molecule has 2 fully saturated rings. The molecule has 0 unspecified atom stereocenters. The third-order valence-electron chi connectivity index (χ3n) is 6.20. The maximum absolute atomic E-state index is 9.55. The summed E-state index contributed by atoms with van der Waals surface area (Å²) < 4.78 is 0. The molecule has 2 aliphatic heterocycles. The standard InChI is InChI=1S/2C9H21N3.4C4H4O4.H2O/c2*1-7(2)11-5-9(10)6-12(11)8(3)4;4*5-3(6)1-2-4(7)8;/h2*7-9H,5-6,10H2,1-4H3;4*1-2H,(H,5,6)(H,7,8);1H2. The summed E-state index contributed by atoms with van der Waals surface area (Å²) in [6, 6.07) is 2.94. The molecule has 23 heteroatoms. The zero-order valence-electron chi connectivity index (χ0n) is 33.2. The van der Waals surface area contributed by atoms with Gasteiger partial charge in [-0.2, -0.15) is 0 Å². The van der Waals surface area contributed by atoms with Gasteiger partial charge in [0.1, 0.15) is 0 Å². The van der Waals surface area contributed by atoms with Crippen LogP contribution in [0, 0.1) is 0 Å². The number of rotatable bonds is 12. The van der Waals surface area contributed by atoms with Gasteiger partial charge in [-0.05, 0) is 55.4 Å². The highest BCUT2D eigenvalue weighted by Gasteiger charge is 2.31. The van der Waals surface area contributed by atoms with Crippen LogP contribution in [-0.2, 0) is 38.4 Å². The van der Waals surface area contributed by atoms with Gasteiger partial charge in [0.05, 0.1) is 0 Å². The lowest BCUT2D eigenvalue weighted by Gasteiger charge is -2.33. The summed E-state index contributed by atoms with van der Waals surface area (Å²) in [6.07, 6.45) is 4.46. The Bertz CT molecular complexity index is 1110. The molecule has 57 heavy (non-hydrogen) atoms. The van der Waals surface area contributed by atoms with Crippen LogP contribution in [0.5, 0.6) is 0 Å². The quantitative estimate of drug-likeness (QED) is 0.109. The monoisotopic (exact) mass is 824 g/mol. The normalized spacial score (nSPS) is 15.1. The lowest BCUT2D eigenvalue weighted by Crippen LogP contribution is -2.44. The Balaban J connectivity index is -0.000000191. The molecule has 0 spiro atoms. The van der Waals surface area contributed by atoms with Crippen LogP contribution in [0.2, 0.25) is 0 Å². The molecule has 0 amide bonds. The Morgan fingerprint density at radius 3 is 0.544 bits per heavy atom. The molecule has 2 aliphatic rings. The van der Waals surface area contributed by atoms with Crippen molar-refractivity contribution in [2.45, 2.75) is 91.6 Å². The van der Waals surface area contributed by atoms with E-state index in [-0.39, 0.29) is 5.48 Å². The van der Waals surface area contributed by atoms with Crippen molar-refractivity contribution >= 4 is 47.8 Å². The molecule has 0 radical (unpaired) electrons. The number of nitrogens with zero attached hydrogens (tertiary/aromatic N) is 4. The predicted molar refractivity (Wildman–Crippen MR) is 205 cm³/mol. The lowest BCUT2D eigenvalue weighted by molar-refractivity contribution is -0.134. The molecule has 0 aliphatic carbocycles. The van der Waals surface area contributed by atoms with Crippen molar-refractivity contribution < 1.29 is 84.7 Å². The first kappa shape index (κ1) is 60.7. The number of hydrogen-bond acceptors (Lipinski definition) is 14. The molecular weight excluding hydrogens is 764 g/mol. The fourth-order valence-electron chi connectivity index (χ4n) is 4.10. The van der Waals surface area contributed by atoms with E-state index in [1.165, 1.54) is 0 Å². The number of carboxylic acids is 8. The van der Waals surface area contributed by atoms with Crippen LogP contribution in [0.25, 0.3) is 0 Å². The van der Waals surface area contributed by atoms with E-state index in [0.29, 0.717) is 84.9 Å². The molecule has 2 heterocycles. The summed E-state index contributed by atoms with van der Waals surface area (Å²) in [5, 5.41) is 72.0. The van der Waals surface area contributed by atoms with Crippen LogP contribution in [0.4, 0.5) is 0 Å². The second-order valence-electron chi connectivity index (χ2n) is 12.4.